The molecule has 2 N–H and O–H groups in total. The van der Waals surface area contributed by atoms with Crippen LogP contribution in [0, 0.1) is 0 Å². The zero-order valence-corrected chi connectivity index (χ0v) is 12.1. The number of hydrogen-bond donors (Lipinski definition) is 2. The maximum absolute atomic E-state index is 11.2. The van der Waals surface area contributed by atoms with Crippen molar-refractivity contribution in [2.45, 2.75) is 56.4 Å². The number of fused-ring (bicyclic) bond motifs is 1. The summed E-state index contributed by atoms with van der Waals surface area (Å²) in [4.78, 5) is 22.2. The third kappa shape index (κ3) is 4.03. The Balaban J connectivity index is 1.54. The smallest absolute Gasteiger partial charge is 0.315 e. The minimum atomic E-state index is -0.117. The molecule has 2 rings (SSSR count). The summed E-state index contributed by atoms with van der Waals surface area (Å²) < 4.78 is 5.04. The zero-order chi connectivity index (χ0) is 13.7. The topological polar surface area (TPSA) is 67.4 Å². The number of thioether (sulfide) groups is 1. The Bertz CT molecular complexity index is 338. The van der Waals surface area contributed by atoms with Crippen LogP contribution in [0.3, 0.4) is 0 Å². The van der Waals surface area contributed by atoms with Crippen LogP contribution in [0.1, 0.15) is 39.0 Å². The number of carbonyl (C=O) groups is 2. The van der Waals surface area contributed by atoms with Crippen molar-refractivity contribution in [3.63, 3.8) is 0 Å². The Morgan fingerprint density at radius 3 is 3.00 bits per heavy atom. The molecule has 5 nitrogen and oxygen atoms in total. The van der Waals surface area contributed by atoms with Crippen LogP contribution in [0.15, 0.2) is 0 Å². The maximum atomic E-state index is 11.2. The highest BCUT2D eigenvalue weighted by Crippen LogP contribution is 2.33. The molecule has 0 aromatic carbocycles. The fourth-order valence-electron chi connectivity index (χ4n) is 2.56. The largest absolute Gasteiger partial charge is 0.466 e. The van der Waals surface area contributed by atoms with Gasteiger partial charge in [-0.1, -0.05) is 19.8 Å². The highest BCUT2D eigenvalue weighted by atomic mass is 32.2. The predicted molar refractivity (Wildman–Crippen MR) is 75.2 cm³/mol. The summed E-state index contributed by atoms with van der Waals surface area (Å²) in [6, 6.07) is 0.593. The second-order valence-corrected chi connectivity index (χ2v) is 6.32. The van der Waals surface area contributed by atoms with E-state index in [4.69, 9.17) is 4.74 Å². The molecule has 0 saturated carbocycles. The van der Waals surface area contributed by atoms with E-state index < -0.39 is 0 Å². The highest BCUT2D eigenvalue weighted by Gasteiger charge is 2.42. The second kappa shape index (κ2) is 7.03. The molecule has 2 heterocycles. The van der Waals surface area contributed by atoms with Crippen LogP contribution >= 0.6 is 11.8 Å². The molecule has 2 amide bonds. The van der Waals surface area contributed by atoms with Crippen molar-refractivity contribution >= 4 is 23.8 Å². The molecule has 0 aliphatic carbocycles. The molecular formula is C13H22N2O3S. The first kappa shape index (κ1) is 14.5. The van der Waals surface area contributed by atoms with Crippen molar-refractivity contribution < 1.29 is 14.3 Å². The summed E-state index contributed by atoms with van der Waals surface area (Å²) in [7, 11) is 0. The lowest BCUT2D eigenvalue weighted by molar-refractivity contribution is -0.143. The fraction of sp³-hybridized carbons (Fsp3) is 0.846. The van der Waals surface area contributed by atoms with E-state index in [9.17, 15) is 9.59 Å². The van der Waals surface area contributed by atoms with E-state index in [0.717, 1.165) is 31.4 Å². The van der Waals surface area contributed by atoms with Crippen molar-refractivity contribution in [3.8, 4) is 0 Å². The molecule has 0 aromatic rings. The van der Waals surface area contributed by atoms with Crippen molar-refractivity contribution in [1.29, 1.82) is 0 Å². The van der Waals surface area contributed by atoms with Crippen LogP contribution in [-0.2, 0) is 9.53 Å². The number of esters is 1. The monoisotopic (exact) mass is 286 g/mol. The van der Waals surface area contributed by atoms with Crippen molar-refractivity contribution in [2.75, 3.05) is 12.4 Å². The van der Waals surface area contributed by atoms with E-state index in [2.05, 4.69) is 10.6 Å². The van der Waals surface area contributed by atoms with Gasteiger partial charge < -0.3 is 15.4 Å². The van der Waals surface area contributed by atoms with E-state index in [-0.39, 0.29) is 12.0 Å². The van der Waals surface area contributed by atoms with Crippen LogP contribution in [-0.4, -0.2) is 41.7 Å². The minimum Gasteiger partial charge on any atom is -0.466 e. The lowest BCUT2D eigenvalue weighted by Crippen LogP contribution is -2.36. The third-order valence-electron chi connectivity index (χ3n) is 3.62. The van der Waals surface area contributed by atoms with Crippen LogP contribution in [0.5, 0.6) is 0 Å². The molecule has 108 valence electrons. The Labute approximate surface area is 118 Å². The quantitative estimate of drug-likeness (QED) is 0.424. The van der Waals surface area contributed by atoms with Gasteiger partial charge in [-0.2, -0.15) is 11.8 Å². The van der Waals surface area contributed by atoms with Gasteiger partial charge in [0.1, 0.15) is 0 Å². The SMILES string of the molecule is CCC(=O)OCCCCC[C@@H]1SCC2NC(=O)NC21. The lowest BCUT2D eigenvalue weighted by atomic mass is 10.0. The first-order valence-corrected chi connectivity index (χ1v) is 8.10. The average molecular weight is 286 g/mol. The summed E-state index contributed by atoms with van der Waals surface area (Å²) >= 11 is 1.95. The average Bonchev–Trinajstić information content (AvgIpc) is 2.93. The number of carbonyl (C=O) groups excluding carboxylic acids is 2. The molecule has 0 bridgehead atoms. The van der Waals surface area contributed by atoms with Gasteiger partial charge in [-0.3, -0.25) is 4.79 Å². The van der Waals surface area contributed by atoms with E-state index in [1.807, 2.05) is 11.8 Å². The standard InChI is InChI=1S/C13H22N2O3S/c1-2-11(16)18-7-5-3-4-6-10-12-9(8-19-10)14-13(17)15-12/h9-10,12H,2-8H2,1H3,(H2,14,15,17)/t9?,10-,12?/m0/s1. The first-order chi connectivity index (χ1) is 9.20. The number of rotatable bonds is 7. The zero-order valence-electron chi connectivity index (χ0n) is 11.3. The number of amides is 2. The normalized spacial score (nSPS) is 28.7. The van der Waals surface area contributed by atoms with Gasteiger partial charge in [-0.05, 0) is 12.8 Å². The van der Waals surface area contributed by atoms with Crippen LogP contribution in [0.4, 0.5) is 4.79 Å². The number of hydrogen-bond acceptors (Lipinski definition) is 4. The van der Waals surface area contributed by atoms with E-state index >= 15 is 0 Å². The van der Waals surface area contributed by atoms with Gasteiger partial charge in [0.05, 0.1) is 18.7 Å². The van der Waals surface area contributed by atoms with Gasteiger partial charge in [-0.15, -0.1) is 0 Å². The Kier molecular flexibility index (Phi) is 5.36. The number of ether oxygens (including phenoxy) is 1. The molecule has 2 aliphatic heterocycles. The van der Waals surface area contributed by atoms with Crippen molar-refractivity contribution in [2.24, 2.45) is 0 Å². The predicted octanol–water partition coefficient (Wildman–Crippen LogP) is 1.67. The maximum Gasteiger partial charge on any atom is 0.315 e. The molecule has 19 heavy (non-hydrogen) atoms. The number of unbranched alkanes of at least 4 members (excludes halogenated alkanes) is 2. The number of nitrogens with one attached hydrogen (secondary N) is 2. The molecular weight excluding hydrogens is 264 g/mol. The van der Waals surface area contributed by atoms with Gasteiger partial charge in [0.25, 0.3) is 0 Å². The summed E-state index contributed by atoms with van der Waals surface area (Å²) in [6.07, 6.45) is 4.71. The van der Waals surface area contributed by atoms with Gasteiger partial charge in [0.2, 0.25) is 0 Å². The van der Waals surface area contributed by atoms with E-state index in [1.165, 1.54) is 0 Å². The summed E-state index contributed by atoms with van der Waals surface area (Å²) in [5.74, 6) is 0.899. The molecule has 3 atom stereocenters. The molecule has 2 saturated heterocycles. The van der Waals surface area contributed by atoms with Crippen LogP contribution in [0.2, 0.25) is 0 Å². The van der Waals surface area contributed by atoms with Crippen LogP contribution in [0.25, 0.3) is 0 Å². The van der Waals surface area contributed by atoms with Crippen molar-refractivity contribution in [3.05, 3.63) is 0 Å². The van der Waals surface area contributed by atoms with Gasteiger partial charge in [-0.25, -0.2) is 4.79 Å². The fourth-order valence-corrected chi connectivity index (χ4v) is 4.10. The Hall–Kier alpha value is -0.910. The van der Waals surface area contributed by atoms with Gasteiger partial charge in [0.15, 0.2) is 0 Å². The summed E-state index contributed by atoms with van der Waals surface area (Å²) in [5.41, 5.74) is 0. The first-order valence-electron chi connectivity index (χ1n) is 7.05. The molecule has 0 aromatic heterocycles. The summed E-state index contributed by atoms with van der Waals surface area (Å²) in [5, 5.41) is 6.48. The van der Waals surface area contributed by atoms with E-state index in [1.54, 1.807) is 6.92 Å². The lowest BCUT2D eigenvalue weighted by Gasteiger charge is -2.16. The molecule has 2 unspecified atom stereocenters. The summed E-state index contributed by atoms with van der Waals surface area (Å²) in [6.45, 7) is 2.34. The molecule has 6 heteroatoms. The van der Waals surface area contributed by atoms with Crippen LogP contribution < -0.4 is 10.6 Å². The van der Waals surface area contributed by atoms with E-state index in [0.29, 0.717) is 30.4 Å². The van der Waals surface area contributed by atoms with Crippen molar-refractivity contribution in [1.82, 2.24) is 10.6 Å². The molecule has 0 spiro atoms. The molecule has 2 fully saturated rings. The second-order valence-electron chi connectivity index (χ2n) is 5.05. The minimum absolute atomic E-state index is 0.0215. The van der Waals surface area contributed by atoms with Gasteiger partial charge >= 0.3 is 12.0 Å². The molecule has 2 aliphatic rings. The Morgan fingerprint density at radius 1 is 1.37 bits per heavy atom. The highest BCUT2D eigenvalue weighted by molar-refractivity contribution is 8.00. The number of urea groups is 1. The molecule has 0 radical (unpaired) electrons. The third-order valence-corrected chi connectivity index (χ3v) is 5.13. The van der Waals surface area contributed by atoms with Gasteiger partial charge in [0, 0.05) is 17.4 Å². The Morgan fingerprint density at radius 2 is 2.21 bits per heavy atom.